The molecular weight excluding hydrogens is 451 g/mol. The van der Waals surface area contributed by atoms with E-state index >= 15 is 0 Å². The Morgan fingerprint density at radius 1 is 1.37 bits per heavy atom. The number of hydrogen-bond acceptors (Lipinski definition) is 6. The summed E-state index contributed by atoms with van der Waals surface area (Å²) in [6, 6.07) is 3.24. The van der Waals surface area contributed by atoms with E-state index in [2.05, 4.69) is 20.2 Å². The average Bonchev–Trinajstić information content (AvgIpc) is 3.23. The van der Waals surface area contributed by atoms with Crippen LogP contribution in [0.5, 0.6) is 0 Å². The number of carbonyl (C=O) groups excluding carboxylic acids is 1. The van der Waals surface area contributed by atoms with E-state index in [1.54, 1.807) is 19.1 Å². The van der Waals surface area contributed by atoms with Crippen LogP contribution in [-0.4, -0.2) is 52.8 Å². The topological polar surface area (TPSA) is 108 Å². The molecule has 2 aromatic heterocycles. The van der Waals surface area contributed by atoms with Gasteiger partial charge in [0.15, 0.2) is 5.13 Å². The van der Waals surface area contributed by atoms with E-state index in [4.69, 9.17) is 27.9 Å². The van der Waals surface area contributed by atoms with Crippen molar-refractivity contribution < 1.29 is 19.4 Å². The van der Waals surface area contributed by atoms with Crippen molar-refractivity contribution in [2.75, 3.05) is 30.0 Å². The number of halogens is 2. The zero-order valence-corrected chi connectivity index (χ0v) is 18.4. The lowest BCUT2D eigenvalue weighted by Gasteiger charge is -2.35. The van der Waals surface area contributed by atoms with Crippen molar-refractivity contribution in [3.63, 3.8) is 0 Å². The number of nitrogens with one attached hydrogen (secondary N) is 2. The number of anilines is 2. The number of nitrogens with zero attached hydrogens (tertiary/aromatic N) is 2. The smallest absolute Gasteiger partial charge is 0.335 e. The van der Waals surface area contributed by atoms with Crippen molar-refractivity contribution in [3.05, 3.63) is 39.1 Å². The molecule has 11 heteroatoms. The highest BCUT2D eigenvalue weighted by molar-refractivity contribution is 7.22. The minimum Gasteiger partial charge on any atom is -0.478 e. The second kappa shape index (κ2) is 8.07. The molecule has 1 fully saturated rings. The standard InChI is InChI=1S/C19H18Cl2N4O4S/c1-8-7-29-4-3-25(8)11-5-10(18(27)28)6-12-15(11)23-19(30-12)24-17(26)16-14(21)13(20)9(2)22-16/h5-6,8,22H,3-4,7H2,1-2H3,(H,27,28)(H,23,24,26)/t8-/m0/s1. The zero-order chi connectivity index (χ0) is 21.6. The molecule has 30 heavy (non-hydrogen) atoms. The van der Waals surface area contributed by atoms with E-state index in [-0.39, 0.29) is 22.3 Å². The number of aromatic amines is 1. The van der Waals surface area contributed by atoms with E-state index < -0.39 is 11.9 Å². The average molecular weight is 469 g/mol. The molecule has 8 nitrogen and oxygen atoms in total. The van der Waals surface area contributed by atoms with Crippen molar-refractivity contribution in [3.8, 4) is 0 Å². The van der Waals surface area contributed by atoms with E-state index in [0.29, 0.717) is 51.5 Å². The van der Waals surface area contributed by atoms with Gasteiger partial charge in [-0.05, 0) is 26.0 Å². The maximum Gasteiger partial charge on any atom is 0.335 e. The minimum absolute atomic E-state index is 0.0635. The van der Waals surface area contributed by atoms with E-state index in [1.807, 2.05) is 6.92 Å². The van der Waals surface area contributed by atoms with E-state index in [1.165, 1.54) is 11.3 Å². The quantitative estimate of drug-likeness (QED) is 0.523. The first-order valence-electron chi connectivity index (χ1n) is 9.13. The van der Waals surface area contributed by atoms with Crippen molar-refractivity contribution in [1.82, 2.24) is 9.97 Å². The highest BCUT2D eigenvalue weighted by Crippen LogP contribution is 2.36. The third-order valence-electron chi connectivity index (χ3n) is 4.90. The van der Waals surface area contributed by atoms with Crippen LogP contribution in [0.1, 0.15) is 33.5 Å². The number of aryl methyl sites for hydroxylation is 1. The van der Waals surface area contributed by atoms with Crippen LogP contribution in [0.15, 0.2) is 12.1 Å². The van der Waals surface area contributed by atoms with Crippen molar-refractivity contribution in [2.24, 2.45) is 0 Å². The lowest BCUT2D eigenvalue weighted by Crippen LogP contribution is -2.43. The maximum absolute atomic E-state index is 12.7. The molecule has 1 aliphatic heterocycles. The third kappa shape index (κ3) is 3.74. The van der Waals surface area contributed by atoms with Gasteiger partial charge in [-0.25, -0.2) is 9.78 Å². The molecule has 0 saturated carbocycles. The Morgan fingerprint density at radius 2 is 2.13 bits per heavy atom. The number of aromatic nitrogens is 2. The van der Waals surface area contributed by atoms with Gasteiger partial charge >= 0.3 is 5.97 Å². The molecule has 1 atom stereocenters. The van der Waals surface area contributed by atoms with Crippen LogP contribution in [0.4, 0.5) is 10.8 Å². The first-order valence-corrected chi connectivity index (χ1v) is 10.7. The first-order chi connectivity index (χ1) is 14.3. The van der Waals surface area contributed by atoms with Gasteiger partial charge in [-0.15, -0.1) is 0 Å². The number of H-pyrrole nitrogens is 1. The summed E-state index contributed by atoms with van der Waals surface area (Å²) in [5.41, 5.74) is 2.22. The van der Waals surface area contributed by atoms with Gasteiger partial charge < -0.3 is 19.7 Å². The fourth-order valence-electron chi connectivity index (χ4n) is 3.38. The Balaban J connectivity index is 1.74. The zero-order valence-electron chi connectivity index (χ0n) is 16.1. The second-order valence-electron chi connectivity index (χ2n) is 6.99. The van der Waals surface area contributed by atoms with Crippen LogP contribution < -0.4 is 10.2 Å². The molecule has 158 valence electrons. The van der Waals surface area contributed by atoms with Crippen LogP contribution in [0, 0.1) is 6.92 Å². The molecule has 1 amide bonds. The Hall–Kier alpha value is -2.33. The predicted molar refractivity (Wildman–Crippen MR) is 118 cm³/mol. The van der Waals surface area contributed by atoms with Crippen LogP contribution in [0.3, 0.4) is 0 Å². The van der Waals surface area contributed by atoms with Crippen molar-refractivity contribution in [1.29, 1.82) is 0 Å². The van der Waals surface area contributed by atoms with Crippen LogP contribution in [0.25, 0.3) is 10.2 Å². The number of hydrogen-bond donors (Lipinski definition) is 3. The summed E-state index contributed by atoms with van der Waals surface area (Å²) in [6.45, 7) is 5.42. The molecule has 1 aliphatic rings. The van der Waals surface area contributed by atoms with Crippen molar-refractivity contribution >= 4 is 67.5 Å². The van der Waals surface area contributed by atoms with E-state index in [9.17, 15) is 14.7 Å². The van der Waals surface area contributed by atoms with Gasteiger partial charge in [-0.1, -0.05) is 34.5 Å². The van der Waals surface area contributed by atoms with Crippen LogP contribution >= 0.6 is 34.5 Å². The first kappa shape index (κ1) is 20.9. The number of rotatable bonds is 4. The van der Waals surface area contributed by atoms with Crippen LogP contribution in [0.2, 0.25) is 10.0 Å². The van der Waals surface area contributed by atoms with Gasteiger partial charge in [-0.2, -0.15) is 0 Å². The number of fused-ring (bicyclic) bond motifs is 1. The lowest BCUT2D eigenvalue weighted by atomic mass is 10.1. The maximum atomic E-state index is 12.7. The number of morpholine rings is 1. The van der Waals surface area contributed by atoms with Gasteiger partial charge in [0, 0.05) is 18.3 Å². The number of carboxylic acid groups (broad SMARTS) is 1. The summed E-state index contributed by atoms with van der Waals surface area (Å²) < 4.78 is 6.15. The van der Waals surface area contributed by atoms with Gasteiger partial charge in [0.1, 0.15) is 11.2 Å². The fourth-order valence-corrected chi connectivity index (χ4v) is 4.72. The highest BCUT2D eigenvalue weighted by atomic mass is 35.5. The summed E-state index contributed by atoms with van der Waals surface area (Å²) in [4.78, 5) is 33.8. The number of thiazole rings is 1. The summed E-state index contributed by atoms with van der Waals surface area (Å²) in [7, 11) is 0. The molecule has 0 aliphatic carbocycles. The molecule has 0 spiro atoms. The summed E-state index contributed by atoms with van der Waals surface area (Å²) in [6.07, 6.45) is 0. The molecule has 1 aromatic carbocycles. The number of amides is 1. The summed E-state index contributed by atoms with van der Waals surface area (Å²) >= 11 is 13.4. The van der Waals surface area contributed by atoms with Crippen molar-refractivity contribution in [2.45, 2.75) is 19.9 Å². The largest absolute Gasteiger partial charge is 0.478 e. The monoisotopic (exact) mass is 468 g/mol. The molecule has 3 heterocycles. The Labute approximate surface area is 185 Å². The summed E-state index contributed by atoms with van der Waals surface area (Å²) in [5.74, 6) is -1.50. The molecule has 0 bridgehead atoms. The van der Waals surface area contributed by atoms with Gasteiger partial charge in [0.25, 0.3) is 5.91 Å². The van der Waals surface area contributed by atoms with Gasteiger partial charge in [-0.3, -0.25) is 10.1 Å². The SMILES string of the molecule is Cc1[nH]c(C(=O)Nc2nc3c(N4CCOC[C@@H]4C)cc(C(=O)O)cc3s2)c(Cl)c1Cl. The molecule has 0 unspecified atom stereocenters. The normalized spacial score (nSPS) is 16.8. The molecule has 0 radical (unpaired) electrons. The molecule has 4 rings (SSSR count). The minimum atomic E-state index is -1.03. The summed E-state index contributed by atoms with van der Waals surface area (Å²) in [5, 5.41) is 13.0. The molecule has 3 N–H and O–H groups in total. The third-order valence-corrected chi connectivity index (χ3v) is 6.77. The number of benzene rings is 1. The number of carboxylic acids is 1. The lowest BCUT2D eigenvalue weighted by molar-refractivity contribution is 0.0696. The highest BCUT2D eigenvalue weighted by Gasteiger charge is 2.25. The second-order valence-corrected chi connectivity index (χ2v) is 8.78. The van der Waals surface area contributed by atoms with Gasteiger partial charge in [0.05, 0.1) is 39.2 Å². The van der Waals surface area contributed by atoms with Crippen LogP contribution in [-0.2, 0) is 4.74 Å². The predicted octanol–water partition coefficient (Wildman–Crippen LogP) is 4.42. The number of ether oxygens (including phenoxy) is 1. The van der Waals surface area contributed by atoms with Gasteiger partial charge in [0.2, 0.25) is 0 Å². The number of carbonyl (C=O) groups is 2. The molecular formula is C19H18Cl2N4O4S. The molecule has 3 aromatic rings. The molecule has 1 saturated heterocycles. The Bertz CT molecular complexity index is 1160. The fraction of sp³-hybridized carbons (Fsp3) is 0.316. The Kier molecular flexibility index (Phi) is 5.63. The van der Waals surface area contributed by atoms with E-state index in [0.717, 1.165) is 0 Å². The number of aromatic carboxylic acids is 1. The Morgan fingerprint density at radius 3 is 2.77 bits per heavy atom.